The Balaban J connectivity index is 1.77. The summed E-state index contributed by atoms with van der Waals surface area (Å²) < 4.78 is 1.73. The molecule has 1 N–H and O–H groups in total. The lowest BCUT2D eigenvalue weighted by molar-refractivity contribution is -0.121. The van der Waals surface area contributed by atoms with Gasteiger partial charge in [0.2, 0.25) is 5.91 Å². The van der Waals surface area contributed by atoms with Crippen LogP contribution in [0.5, 0.6) is 0 Å². The molecule has 0 atom stereocenters. The summed E-state index contributed by atoms with van der Waals surface area (Å²) in [7, 11) is 0. The number of aromatic nitrogens is 2. The fraction of sp³-hybridized carbons (Fsp3) is 0.118. The highest BCUT2D eigenvalue weighted by molar-refractivity contribution is 6.31. The molecule has 116 valence electrons. The van der Waals surface area contributed by atoms with Crippen molar-refractivity contribution in [2.45, 2.75) is 13.1 Å². The van der Waals surface area contributed by atoms with E-state index in [1.54, 1.807) is 41.4 Å². The van der Waals surface area contributed by atoms with Crippen molar-refractivity contribution in [2.24, 2.45) is 0 Å². The molecule has 0 aliphatic carbocycles. The van der Waals surface area contributed by atoms with Crippen molar-refractivity contribution in [3.05, 3.63) is 75.8 Å². The Kier molecular flexibility index (Phi) is 4.39. The average molecular weight is 328 g/mol. The quantitative estimate of drug-likeness (QED) is 0.800. The number of nitrogens with zero attached hydrogens (tertiary/aromatic N) is 2. The molecule has 0 fully saturated rings. The van der Waals surface area contributed by atoms with Crippen molar-refractivity contribution >= 4 is 28.4 Å². The Bertz CT molecular complexity index is 907. The van der Waals surface area contributed by atoms with E-state index >= 15 is 0 Å². The second-order valence-electron chi connectivity index (χ2n) is 5.11. The van der Waals surface area contributed by atoms with Crippen LogP contribution in [0.4, 0.5) is 0 Å². The van der Waals surface area contributed by atoms with Gasteiger partial charge in [-0.1, -0.05) is 17.7 Å². The summed E-state index contributed by atoms with van der Waals surface area (Å²) in [5, 5.41) is 3.83. The summed E-state index contributed by atoms with van der Waals surface area (Å²) in [6.07, 6.45) is 5.00. The van der Waals surface area contributed by atoms with Gasteiger partial charge in [-0.3, -0.25) is 14.6 Å². The van der Waals surface area contributed by atoms with E-state index in [2.05, 4.69) is 10.3 Å². The molecule has 0 unspecified atom stereocenters. The van der Waals surface area contributed by atoms with Crippen molar-refractivity contribution in [1.82, 2.24) is 14.9 Å². The number of amides is 1. The zero-order chi connectivity index (χ0) is 16.2. The van der Waals surface area contributed by atoms with Crippen LogP contribution in [0.2, 0.25) is 5.02 Å². The van der Waals surface area contributed by atoms with E-state index in [9.17, 15) is 9.59 Å². The number of rotatable bonds is 4. The number of hydrogen-bond donors (Lipinski definition) is 1. The topological polar surface area (TPSA) is 64.0 Å². The number of carbonyl (C=O) groups is 1. The van der Waals surface area contributed by atoms with Crippen molar-refractivity contribution in [3.63, 3.8) is 0 Å². The van der Waals surface area contributed by atoms with Crippen molar-refractivity contribution in [3.8, 4) is 0 Å². The van der Waals surface area contributed by atoms with Crippen LogP contribution in [0.15, 0.2) is 59.8 Å². The first kappa shape index (κ1) is 15.2. The summed E-state index contributed by atoms with van der Waals surface area (Å²) in [5.74, 6) is -0.145. The second-order valence-corrected chi connectivity index (χ2v) is 5.54. The van der Waals surface area contributed by atoms with Crippen LogP contribution >= 0.6 is 11.6 Å². The highest BCUT2D eigenvalue weighted by Gasteiger charge is 2.07. The highest BCUT2D eigenvalue weighted by Crippen LogP contribution is 2.16. The fourth-order valence-corrected chi connectivity index (χ4v) is 2.51. The Hall–Kier alpha value is -2.66. The van der Waals surface area contributed by atoms with Gasteiger partial charge in [0, 0.05) is 41.6 Å². The third-order valence-electron chi connectivity index (χ3n) is 3.47. The summed E-state index contributed by atoms with van der Waals surface area (Å²) in [6, 6.07) is 10.2. The number of carbonyl (C=O) groups excluding carboxylic acids is 1. The lowest BCUT2D eigenvalue weighted by Crippen LogP contribution is -2.27. The first-order valence-electron chi connectivity index (χ1n) is 7.08. The number of fused-ring (bicyclic) bond motifs is 1. The Morgan fingerprint density at radius 1 is 1.26 bits per heavy atom. The van der Waals surface area contributed by atoms with Gasteiger partial charge in [0.05, 0.1) is 5.52 Å². The van der Waals surface area contributed by atoms with Gasteiger partial charge in [-0.15, -0.1) is 0 Å². The predicted octanol–water partition coefficient (Wildman–Crippen LogP) is 2.37. The van der Waals surface area contributed by atoms with Crippen molar-refractivity contribution in [2.75, 3.05) is 0 Å². The van der Waals surface area contributed by atoms with Gasteiger partial charge in [-0.05, 0) is 29.8 Å². The summed E-state index contributed by atoms with van der Waals surface area (Å²) >= 11 is 5.93. The molecule has 0 aliphatic rings. The Labute approximate surface area is 137 Å². The van der Waals surface area contributed by atoms with Crippen molar-refractivity contribution in [1.29, 1.82) is 0 Å². The Morgan fingerprint density at radius 2 is 2.13 bits per heavy atom. The van der Waals surface area contributed by atoms with Crippen LogP contribution in [-0.2, 0) is 17.9 Å². The van der Waals surface area contributed by atoms with Gasteiger partial charge in [-0.2, -0.15) is 0 Å². The highest BCUT2D eigenvalue weighted by atomic mass is 35.5. The number of nitrogens with one attached hydrogen (secondary N) is 1. The van der Waals surface area contributed by atoms with Crippen LogP contribution in [0, 0.1) is 0 Å². The minimum Gasteiger partial charge on any atom is -0.350 e. The molecule has 5 nitrogen and oxygen atoms in total. The minimum absolute atomic E-state index is 0.116. The molecule has 6 heteroatoms. The number of halogens is 1. The maximum Gasteiger partial charge on any atom is 0.240 e. The molecule has 3 aromatic rings. The molecule has 0 saturated carbocycles. The Morgan fingerprint density at radius 3 is 2.91 bits per heavy atom. The van der Waals surface area contributed by atoms with Gasteiger partial charge in [-0.25, -0.2) is 0 Å². The molecule has 0 radical (unpaired) electrons. The van der Waals surface area contributed by atoms with E-state index in [-0.39, 0.29) is 17.9 Å². The number of pyridine rings is 2. The van der Waals surface area contributed by atoms with Crippen LogP contribution < -0.4 is 10.7 Å². The van der Waals surface area contributed by atoms with Crippen molar-refractivity contribution < 1.29 is 4.79 Å². The fourth-order valence-electron chi connectivity index (χ4n) is 2.34. The summed E-state index contributed by atoms with van der Waals surface area (Å²) in [4.78, 5) is 28.0. The summed E-state index contributed by atoms with van der Waals surface area (Å²) in [6.45, 7) is 0.537. The summed E-state index contributed by atoms with van der Waals surface area (Å²) in [5.41, 5.74) is 1.49. The molecule has 0 bridgehead atoms. The molecular formula is C17H14ClN3O2. The molecule has 0 aliphatic heterocycles. The smallest absolute Gasteiger partial charge is 0.240 e. The molecule has 2 aromatic heterocycles. The zero-order valence-corrected chi connectivity index (χ0v) is 13.0. The van der Waals surface area contributed by atoms with Crippen LogP contribution in [0.25, 0.3) is 10.9 Å². The first-order chi connectivity index (χ1) is 11.1. The maximum absolute atomic E-state index is 12.1. The number of hydrogen-bond acceptors (Lipinski definition) is 3. The van der Waals surface area contributed by atoms with Gasteiger partial charge >= 0.3 is 0 Å². The van der Waals surface area contributed by atoms with Gasteiger partial charge in [0.1, 0.15) is 6.54 Å². The largest absolute Gasteiger partial charge is 0.350 e. The van der Waals surface area contributed by atoms with Gasteiger partial charge < -0.3 is 9.88 Å². The van der Waals surface area contributed by atoms with E-state index in [0.29, 0.717) is 22.5 Å². The number of benzene rings is 1. The molecule has 1 amide bonds. The molecule has 2 heterocycles. The molecular weight excluding hydrogens is 314 g/mol. The SMILES string of the molecule is O=C(Cn1ccc(=O)c2cc(Cl)ccc21)NCc1cccnc1. The molecule has 3 rings (SSSR count). The van der Waals surface area contributed by atoms with Gasteiger partial charge in [0.15, 0.2) is 5.43 Å². The first-order valence-corrected chi connectivity index (χ1v) is 7.45. The molecule has 23 heavy (non-hydrogen) atoms. The van der Waals surface area contributed by atoms with Gasteiger partial charge in [0.25, 0.3) is 0 Å². The monoisotopic (exact) mass is 327 g/mol. The van der Waals surface area contributed by atoms with E-state index in [1.807, 2.05) is 12.1 Å². The average Bonchev–Trinajstić information content (AvgIpc) is 2.57. The van der Waals surface area contributed by atoms with E-state index in [0.717, 1.165) is 5.56 Å². The van der Waals surface area contributed by atoms with E-state index in [1.165, 1.54) is 6.07 Å². The minimum atomic E-state index is -0.145. The lowest BCUT2D eigenvalue weighted by atomic mass is 10.2. The van der Waals surface area contributed by atoms with Crippen LogP contribution in [-0.4, -0.2) is 15.5 Å². The third kappa shape index (κ3) is 3.57. The zero-order valence-electron chi connectivity index (χ0n) is 12.2. The van der Waals surface area contributed by atoms with Crippen LogP contribution in [0.1, 0.15) is 5.56 Å². The van der Waals surface area contributed by atoms with E-state index < -0.39 is 0 Å². The second kappa shape index (κ2) is 6.62. The molecule has 1 aromatic carbocycles. The molecule has 0 saturated heterocycles. The predicted molar refractivity (Wildman–Crippen MR) is 89.3 cm³/mol. The third-order valence-corrected chi connectivity index (χ3v) is 3.70. The van der Waals surface area contributed by atoms with E-state index in [4.69, 9.17) is 11.6 Å². The van der Waals surface area contributed by atoms with Crippen LogP contribution in [0.3, 0.4) is 0 Å². The lowest BCUT2D eigenvalue weighted by Gasteiger charge is -2.11. The molecule has 0 spiro atoms. The standard InChI is InChI=1S/C17H14ClN3O2/c18-13-3-4-15-14(8-13)16(22)5-7-21(15)11-17(23)20-10-12-2-1-6-19-9-12/h1-9H,10-11H2,(H,20,23). The normalized spacial score (nSPS) is 10.7. The maximum atomic E-state index is 12.1.